The Morgan fingerprint density at radius 3 is 1.34 bits per heavy atom. The monoisotopic (exact) mass is 1020 g/mol. The molecule has 0 aromatic heterocycles. The molecule has 0 aliphatic rings. The predicted molar refractivity (Wildman–Crippen MR) is 318 cm³/mol. The number of phenolic OH excluding ortho intramolecular Hbond substituents is 4. The van der Waals surface area contributed by atoms with Gasteiger partial charge < -0.3 is 30.2 Å². The van der Waals surface area contributed by atoms with Crippen LogP contribution >= 0.6 is 0 Å². The van der Waals surface area contributed by atoms with E-state index in [9.17, 15) is 20.4 Å². The van der Waals surface area contributed by atoms with Crippen LogP contribution in [-0.2, 0) is 31.6 Å². The van der Waals surface area contributed by atoms with Gasteiger partial charge in [-0.25, -0.2) is 0 Å². The van der Waals surface area contributed by atoms with Crippen molar-refractivity contribution in [1.29, 1.82) is 0 Å². The molecule has 404 valence electrons. The minimum Gasteiger partial charge on any atom is -0.508 e. The molecule has 7 nitrogen and oxygen atoms in total. The van der Waals surface area contributed by atoms with Gasteiger partial charge in [0.1, 0.15) is 23.0 Å². The molecule has 7 aromatic rings. The van der Waals surface area contributed by atoms with E-state index in [4.69, 9.17) is 0 Å². The van der Waals surface area contributed by atoms with Crippen molar-refractivity contribution < 1.29 is 20.4 Å². The lowest BCUT2D eigenvalue weighted by Gasteiger charge is -2.38. The first-order valence-corrected chi connectivity index (χ1v) is 27.8. The van der Waals surface area contributed by atoms with Gasteiger partial charge in [-0.1, -0.05) is 207 Å². The molecule has 0 bridgehead atoms. The molecule has 7 rings (SSSR count). The van der Waals surface area contributed by atoms with Crippen LogP contribution in [0.15, 0.2) is 140 Å². The summed E-state index contributed by atoms with van der Waals surface area (Å²) in [5, 5.41) is 45.0. The smallest absolute Gasteiger partial charge is 0.124 e. The molecule has 0 spiro atoms. The molecule has 4 N–H and O–H groups in total. The van der Waals surface area contributed by atoms with Crippen LogP contribution in [0.4, 0.5) is 0 Å². The summed E-state index contributed by atoms with van der Waals surface area (Å²) >= 11 is 0. The van der Waals surface area contributed by atoms with Gasteiger partial charge in [0.15, 0.2) is 0 Å². The maximum atomic E-state index is 12.3. The second-order valence-corrected chi connectivity index (χ2v) is 22.7. The molecular formula is C69H89N3O4. The summed E-state index contributed by atoms with van der Waals surface area (Å²) in [7, 11) is 4.23. The SMILES string of the molecule is CC(C)c1cc(O)c(CN(C)CCN(C)Cc2c(C(C)C)ccc(C(C)C)c2O)c(C(C)C)c1.CCCN(Cc1cc(C)cc(C)c1O)Cc1cc(C)cc(C(c2ccccc2)(c2ccccc2)c2ccccc2)c1O. The Balaban J connectivity index is 0.000000253. The Labute approximate surface area is 457 Å². The lowest BCUT2D eigenvalue weighted by molar-refractivity contribution is 0.242. The largest absolute Gasteiger partial charge is 0.508 e. The Bertz CT molecular complexity index is 2870. The van der Waals surface area contributed by atoms with Gasteiger partial charge in [-0.3, -0.25) is 4.90 Å². The van der Waals surface area contributed by atoms with Crippen LogP contribution in [0.1, 0.15) is 176 Å². The number of aryl methyl sites for hydroxylation is 3. The van der Waals surface area contributed by atoms with Gasteiger partial charge in [-0.2, -0.15) is 0 Å². The van der Waals surface area contributed by atoms with Gasteiger partial charge in [-0.15, -0.1) is 0 Å². The number of likely N-dealkylation sites (N-methyl/N-ethyl adjacent to an activating group) is 2. The predicted octanol–water partition coefficient (Wildman–Crippen LogP) is 16.0. The fraction of sp³-hybridized carbons (Fsp3) is 0.391. The first kappa shape index (κ1) is 58.9. The number of aromatic hydroxyl groups is 4. The van der Waals surface area contributed by atoms with Gasteiger partial charge >= 0.3 is 0 Å². The van der Waals surface area contributed by atoms with Crippen molar-refractivity contribution in [3.8, 4) is 23.0 Å². The summed E-state index contributed by atoms with van der Waals surface area (Å²) < 4.78 is 0. The minimum absolute atomic E-state index is 0.293. The molecule has 0 radical (unpaired) electrons. The minimum atomic E-state index is -0.726. The van der Waals surface area contributed by atoms with Crippen LogP contribution < -0.4 is 0 Å². The molecule has 0 unspecified atom stereocenters. The fourth-order valence-corrected chi connectivity index (χ4v) is 11.1. The molecule has 0 atom stereocenters. The second-order valence-electron chi connectivity index (χ2n) is 22.7. The summed E-state index contributed by atoms with van der Waals surface area (Å²) in [4.78, 5) is 6.88. The molecule has 7 heteroatoms. The maximum absolute atomic E-state index is 12.3. The Morgan fingerprint density at radius 1 is 0.434 bits per heavy atom. The van der Waals surface area contributed by atoms with Gasteiger partial charge in [0, 0.05) is 67.1 Å². The highest BCUT2D eigenvalue weighted by molar-refractivity contribution is 5.65. The summed E-state index contributed by atoms with van der Waals surface area (Å²) in [5.74, 6) is 2.94. The molecule has 0 aliphatic heterocycles. The third-order valence-corrected chi connectivity index (χ3v) is 15.1. The van der Waals surface area contributed by atoms with E-state index in [1.165, 1.54) is 16.7 Å². The van der Waals surface area contributed by atoms with Crippen molar-refractivity contribution in [2.75, 3.05) is 33.7 Å². The average Bonchev–Trinajstić information content (AvgIpc) is 3.43. The van der Waals surface area contributed by atoms with Crippen LogP contribution in [0.5, 0.6) is 23.0 Å². The van der Waals surface area contributed by atoms with E-state index in [-0.39, 0.29) is 0 Å². The highest BCUT2D eigenvalue weighted by Crippen LogP contribution is 2.49. The maximum Gasteiger partial charge on any atom is 0.124 e. The van der Waals surface area contributed by atoms with Crippen molar-refractivity contribution >= 4 is 0 Å². The lowest BCUT2D eigenvalue weighted by Crippen LogP contribution is -2.32. The molecule has 0 aliphatic carbocycles. The van der Waals surface area contributed by atoms with Crippen LogP contribution in [0.25, 0.3) is 0 Å². The van der Waals surface area contributed by atoms with Crippen LogP contribution in [0.3, 0.4) is 0 Å². The van der Waals surface area contributed by atoms with Gasteiger partial charge in [0.2, 0.25) is 0 Å². The number of phenols is 4. The van der Waals surface area contributed by atoms with Crippen LogP contribution in [0.2, 0.25) is 0 Å². The third kappa shape index (κ3) is 14.0. The summed E-state index contributed by atoms with van der Waals surface area (Å²) in [5.41, 5.74) is 15.1. The zero-order valence-corrected chi connectivity index (χ0v) is 48.4. The topological polar surface area (TPSA) is 90.6 Å². The normalized spacial score (nSPS) is 12.0. The van der Waals surface area contributed by atoms with Crippen LogP contribution in [0, 0.1) is 20.8 Å². The van der Waals surface area contributed by atoms with E-state index >= 15 is 0 Å². The second kappa shape index (κ2) is 26.6. The van der Waals surface area contributed by atoms with E-state index in [2.05, 4.69) is 214 Å². The van der Waals surface area contributed by atoms with Crippen molar-refractivity contribution in [3.05, 3.63) is 223 Å². The van der Waals surface area contributed by atoms with E-state index in [1.54, 1.807) is 0 Å². The Hall–Kier alpha value is -6.38. The number of hydrogen-bond acceptors (Lipinski definition) is 7. The van der Waals surface area contributed by atoms with Crippen molar-refractivity contribution in [2.45, 2.75) is 145 Å². The molecule has 0 amide bonds. The van der Waals surface area contributed by atoms with E-state index in [0.29, 0.717) is 59.8 Å². The standard InChI is InChI=1S/C39H41NO2.C30H48N2O2/c1-5-21-40(26-31-23-28(2)22-30(4)37(31)41)27-32-24-29(3)25-36(38(32)42)39(33-15-9-6-10-16-33,34-17-11-7-12-18-34)35-19-13-8-14-20-35;1-19(2)23-15-26(22(7)8)27(29(33)16-23)17-31(9)13-14-32(10)18-28-24(20(3)4)11-12-25(21(5)6)30(28)34/h6-20,22-25,41-42H,5,21,26-27H2,1-4H3;11-12,15-16,19-22,33-34H,13-14,17-18H2,1-10H3. The molecule has 76 heavy (non-hydrogen) atoms. The van der Waals surface area contributed by atoms with Crippen LogP contribution in [-0.4, -0.2) is 68.9 Å². The summed E-state index contributed by atoms with van der Waals surface area (Å²) in [6.45, 7) is 30.8. The molecule has 0 heterocycles. The molecule has 0 saturated heterocycles. The quantitative estimate of drug-likeness (QED) is 0.0533. The van der Waals surface area contributed by atoms with E-state index in [0.717, 1.165) is 106 Å². The summed E-state index contributed by atoms with van der Waals surface area (Å²) in [6.07, 6.45) is 0.965. The first-order chi connectivity index (χ1) is 36.2. The average molecular weight is 1020 g/mol. The molecule has 0 saturated carbocycles. The highest BCUT2D eigenvalue weighted by atomic mass is 16.3. The van der Waals surface area contributed by atoms with Gasteiger partial charge in [0.05, 0.1) is 5.41 Å². The Kier molecular flexibility index (Phi) is 20.6. The summed E-state index contributed by atoms with van der Waals surface area (Å²) in [6, 6.07) is 48.3. The first-order valence-electron chi connectivity index (χ1n) is 27.8. The zero-order chi connectivity index (χ0) is 55.4. The zero-order valence-electron chi connectivity index (χ0n) is 48.4. The van der Waals surface area contributed by atoms with Crippen molar-refractivity contribution in [1.82, 2.24) is 14.7 Å². The van der Waals surface area contributed by atoms with Crippen molar-refractivity contribution in [3.63, 3.8) is 0 Å². The number of nitrogens with zero attached hydrogens (tertiary/aromatic N) is 3. The van der Waals surface area contributed by atoms with Gasteiger partial charge in [-0.05, 0) is 122 Å². The number of hydrogen-bond donors (Lipinski definition) is 4. The lowest BCUT2D eigenvalue weighted by atomic mass is 9.64. The number of rotatable bonds is 21. The third-order valence-electron chi connectivity index (χ3n) is 15.1. The van der Waals surface area contributed by atoms with Gasteiger partial charge in [0.25, 0.3) is 0 Å². The van der Waals surface area contributed by atoms with Crippen molar-refractivity contribution in [2.24, 2.45) is 0 Å². The van der Waals surface area contributed by atoms with E-state index < -0.39 is 5.41 Å². The number of benzene rings is 7. The molecular weight excluding hydrogens is 935 g/mol. The Morgan fingerprint density at radius 2 is 0.882 bits per heavy atom. The fourth-order valence-electron chi connectivity index (χ4n) is 11.1. The molecule has 0 fully saturated rings. The highest BCUT2D eigenvalue weighted by Gasteiger charge is 2.41. The molecule has 7 aromatic carbocycles. The van der Waals surface area contributed by atoms with E-state index in [1.807, 2.05) is 37.3 Å².